The SMILES string of the molecule is Cc1ccccc1OCCNCC1CC1. The number of hydrogen-bond acceptors (Lipinski definition) is 2. The van der Waals surface area contributed by atoms with Gasteiger partial charge in [-0.05, 0) is 43.9 Å². The largest absolute Gasteiger partial charge is 0.492 e. The summed E-state index contributed by atoms with van der Waals surface area (Å²) in [4.78, 5) is 0. The van der Waals surface area contributed by atoms with Crippen molar-refractivity contribution in [1.82, 2.24) is 5.32 Å². The van der Waals surface area contributed by atoms with Crippen LogP contribution in [0.25, 0.3) is 0 Å². The van der Waals surface area contributed by atoms with Crippen LogP contribution in [0.15, 0.2) is 24.3 Å². The molecule has 1 aromatic carbocycles. The molecule has 2 rings (SSSR count). The molecule has 0 radical (unpaired) electrons. The van der Waals surface area contributed by atoms with E-state index in [0.717, 1.165) is 31.4 Å². The van der Waals surface area contributed by atoms with E-state index >= 15 is 0 Å². The lowest BCUT2D eigenvalue weighted by Crippen LogP contribution is -2.23. The van der Waals surface area contributed by atoms with Crippen LogP contribution in [0.4, 0.5) is 0 Å². The van der Waals surface area contributed by atoms with Crippen molar-refractivity contribution in [3.8, 4) is 5.75 Å². The zero-order valence-corrected chi connectivity index (χ0v) is 9.33. The summed E-state index contributed by atoms with van der Waals surface area (Å²) in [5.74, 6) is 1.95. The fourth-order valence-corrected chi connectivity index (χ4v) is 1.58. The molecule has 0 spiro atoms. The van der Waals surface area contributed by atoms with Gasteiger partial charge < -0.3 is 10.1 Å². The second-order valence-corrected chi connectivity index (χ2v) is 4.26. The molecule has 82 valence electrons. The summed E-state index contributed by atoms with van der Waals surface area (Å²) in [6, 6.07) is 8.15. The molecule has 1 aliphatic carbocycles. The first-order chi connectivity index (χ1) is 7.36. The maximum Gasteiger partial charge on any atom is 0.122 e. The number of nitrogens with one attached hydrogen (secondary N) is 1. The van der Waals surface area contributed by atoms with Crippen molar-refractivity contribution in [3.05, 3.63) is 29.8 Å². The van der Waals surface area contributed by atoms with Gasteiger partial charge in [-0.25, -0.2) is 0 Å². The van der Waals surface area contributed by atoms with Crippen molar-refractivity contribution in [1.29, 1.82) is 0 Å². The van der Waals surface area contributed by atoms with Crippen molar-refractivity contribution in [3.63, 3.8) is 0 Å². The lowest BCUT2D eigenvalue weighted by molar-refractivity contribution is 0.311. The monoisotopic (exact) mass is 205 g/mol. The molecule has 0 saturated heterocycles. The number of benzene rings is 1. The zero-order chi connectivity index (χ0) is 10.5. The third-order valence-electron chi connectivity index (χ3n) is 2.76. The van der Waals surface area contributed by atoms with Crippen molar-refractivity contribution in [2.75, 3.05) is 19.7 Å². The fourth-order valence-electron chi connectivity index (χ4n) is 1.58. The second kappa shape index (κ2) is 5.17. The molecule has 2 heteroatoms. The molecule has 1 N–H and O–H groups in total. The maximum absolute atomic E-state index is 5.68. The topological polar surface area (TPSA) is 21.3 Å². The van der Waals surface area contributed by atoms with Gasteiger partial charge in [-0.3, -0.25) is 0 Å². The van der Waals surface area contributed by atoms with Crippen molar-refractivity contribution >= 4 is 0 Å². The molecule has 1 fully saturated rings. The van der Waals surface area contributed by atoms with Gasteiger partial charge in [0.2, 0.25) is 0 Å². The van der Waals surface area contributed by atoms with Crippen LogP contribution in [0.1, 0.15) is 18.4 Å². The highest BCUT2D eigenvalue weighted by molar-refractivity contribution is 5.31. The molecule has 0 bridgehead atoms. The van der Waals surface area contributed by atoms with Crippen LogP contribution in [-0.2, 0) is 0 Å². The highest BCUT2D eigenvalue weighted by atomic mass is 16.5. The van der Waals surface area contributed by atoms with Crippen LogP contribution < -0.4 is 10.1 Å². The average Bonchev–Trinajstić information content (AvgIpc) is 3.04. The Hall–Kier alpha value is -1.02. The molecule has 0 heterocycles. The molecule has 0 aliphatic heterocycles. The number of aryl methyl sites for hydroxylation is 1. The summed E-state index contributed by atoms with van der Waals surface area (Å²) in [5, 5.41) is 3.41. The van der Waals surface area contributed by atoms with Gasteiger partial charge in [0.15, 0.2) is 0 Å². The van der Waals surface area contributed by atoms with E-state index in [1.807, 2.05) is 18.2 Å². The zero-order valence-electron chi connectivity index (χ0n) is 9.33. The first-order valence-electron chi connectivity index (χ1n) is 5.75. The third-order valence-corrected chi connectivity index (χ3v) is 2.76. The van der Waals surface area contributed by atoms with Gasteiger partial charge in [0.25, 0.3) is 0 Å². The van der Waals surface area contributed by atoms with Crippen molar-refractivity contribution in [2.24, 2.45) is 5.92 Å². The smallest absolute Gasteiger partial charge is 0.122 e. The minimum atomic E-state index is 0.761. The molecule has 1 aromatic rings. The number of ether oxygens (including phenoxy) is 1. The summed E-state index contributed by atoms with van der Waals surface area (Å²) in [6.07, 6.45) is 2.82. The summed E-state index contributed by atoms with van der Waals surface area (Å²) in [5.41, 5.74) is 1.21. The van der Waals surface area contributed by atoms with Gasteiger partial charge in [-0.15, -0.1) is 0 Å². The van der Waals surface area contributed by atoms with Gasteiger partial charge in [0.05, 0.1) is 0 Å². The van der Waals surface area contributed by atoms with Gasteiger partial charge >= 0.3 is 0 Å². The second-order valence-electron chi connectivity index (χ2n) is 4.26. The van der Waals surface area contributed by atoms with E-state index in [1.54, 1.807) is 0 Å². The van der Waals surface area contributed by atoms with Gasteiger partial charge in [0.1, 0.15) is 12.4 Å². The van der Waals surface area contributed by atoms with E-state index in [1.165, 1.54) is 18.4 Å². The predicted octanol–water partition coefficient (Wildman–Crippen LogP) is 2.37. The number of rotatable bonds is 6. The van der Waals surface area contributed by atoms with Crippen LogP contribution in [0.2, 0.25) is 0 Å². The Morgan fingerprint density at radius 2 is 2.13 bits per heavy atom. The van der Waals surface area contributed by atoms with E-state index in [4.69, 9.17) is 4.74 Å². The highest BCUT2D eigenvalue weighted by Crippen LogP contribution is 2.27. The van der Waals surface area contributed by atoms with Crippen molar-refractivity contribution < 1.29 is 4.74 Å². The minimum Gasteiger partial charge on any atom is -0.492 e. The van der Waals surface area contributed by atoms with E-state index in [2.05, 4.69) is 18.3 Å². The Morgan fingerprint density at radius 1 is 1.33 bits per heavy atom. The van der Waals surface area contributed by atoms with E-state index in [9.17, 15) is 0 Å². The molecule has 1 aliphatic rings. The Balaban J connectivity index is 1.62. The molecule has 0 aromatic heterocycles. The predicted molar refractivity (Wildman–Crippen MR) is 62.3 cm³/mol. The third kappa shape index (κ3) is 3.56. The summed E-state index contributed by atoms with van der Waals surface area (Å²) >= 11 is 0. The first kappa shape index (κ1) is 10.5. The fraction of sp³-hybridized carbons (Fsp3) is 0.538. The van der Waals surface area contributed by atoms with Crippen LogP contribution in [0, 0.1) is 12.8 Å². The molecular formula is C13H19NO. The Bertz CT molecular complexity index is 307. The molecule has 15 heavy (non-hydrogen) atoms. The van der Waals surface area contributed by atoms with Gasteiger partial charge in [-0.2, -0.15) is 0 Å². The molecule has 0 atom stereocenters. The van der Waals surface area contributed by atoms with Gasteiger partial charge in [-0.1, -0.05) is 18.2 Å². The van der Waals surface area contributed by atoms with Crippen LogP contribution >= 0.6 is 0 Å². The molecule has 0 amide bonds. The molecule has 0 unspecified atom stereocenters. The summed E-state index contributed by atoms with van der Waals surface area (Å²) in [7, 11) is 0. The Kier molecular flexibility index (Phi) is 3.62. The standard InChI is InChI=1S/C13H19NO/c1-11-4-2-3-5-13(11)15-9-8-14-10-12-6-7-12/h2-5,12,14H,6-10H2,1H3. The van der Waals surface area contributed by atoms with Crippen molar-refractivity contribution in [2.45, 2.75) is 19.8 Å². The van der Waals surface area contributed by atoms with E-state index in [0.29, 0.717) is 0 Å². The first-order valence-corrected chi connectivity index (χ1v) is 5.75. The number of para-hydroxylation sites is 1. The summed E-state index contributed by atoms with van der Waals surface area (Å²) in [6.45, 7) is 4.95. The van der Waals surface area contributed by atoms with Crippen LogP contribution in [-0.4, -0.2) is 19.7 Å². The average molecular weight is 205 g/mol. The summed E-state index contributed by atoms with van der Waals surface area (Å²) < 4.78 is 5.68. The Morgan fingerprint density at radius 3 is 2.87 bits per heavy atom. The molecule has 1 saturated carbocycles. The minimum absolute atomic E-state index is 0.761. The lowest BCUT2D eigenvalue weighted by atomic mass is 10.2. The van der Waals surface area contributed by atoms with Crippen LogP contribution in [0.3, 0.4) is 0 Å². The maximum atomic E-state index is 5.68. The van der Waals surface area contributed by atoms with E-state index in [-0.39, 0.29) is 0 Å². The number of hydrogen-bond donors (Lipinski definition) is 1. The Labute approximate surface area is 91.6 Å². The van der Waals surface area contributed by atoms with E-state index < -0.39 is 0 Å². The van der Waals surface area contributed by atoms with Crippen LogP contribution in [0.5, 0.6) is 5.75 Å². The quantitative estimate of drug-likeness (QED) is 0.720. The lowest BCUT2D eigenvalue weighted by Gasteiger charge is -2.09. The molecule has 2 nitrogen and oxygen atoms in total. The molecular weight excluding hydrogens is 186 g/mol. The highest BCUT2D eigenvalue weighted by Gasteiger charge is 2.19. The van der Waals surface area contributed by atoms with Gasteiger partial charge in [0, 0.05) is 6.54 Å². The normalized spacial score (nSPS) is 15.3.